The first-order chi connectivity index (χ1) is 10.7. The topological polar surface area (TPSA) is 6.48 Å². The average molecular weight is 314 g/mol. The van der Waals surface area contributed by atoms with E-state index in [9.17, 15) is 4.39 Å². The van der Waals surface area contributed by atoms with E-state index in [2.05, 4.69) is 28.9 Å². The molecular formula is C18H19FN2S. The van der Waals surface area contributed by atoms with Crippen molar-refractivity contribution in [2.24, 2.45) is 0 Å². The van der Waals surface area contributed by atoms with Gasteiger partial charge in [-0.05, 0) is 41.6 Å². The molecule has 0 amide bonds. The van der Waals surface area contributed by atoms with Crippen LogP contribution >= 0.6 is 11.8 Å². The fourth-order valence-corrected chi connectivity index (χ4v) is 3.17. The van der Waals surface area contributed by atoms with Gasteiger partial charge in [0.2, 0.25) is 0 Å². The lowest BCUT2D eigenvalue weighted by molar-refractivity contribution is 0.495. The van der Waals surface area contributed by atoms with Crippen LogP contribution in [0.2, 0.25) is 0 Å². The van der Waals surface area contributed by atoms with Gasteiger partial charge in [-0.1, -0.05) is 19.1 Å². The van der Waals surface area contributed by atoms with Crippen molar-refractivity contribution in [2.45, 2.75) is 11.8 Å². The van der Waals surface area contributed by atoms with Crippen molar-refractivity contribution in [1.82, 2.24) is 4.90 Å². The fraction of sp³-hybridized carbons (Fsp3) is 0.222. The van der Waals surface area contributed by atoms with E-state index in [1.807, 2.05) is 43.7 Å². The SMILES string of the molecule is CCSc1ccc(-c2cc(N3C=CN(C)C3)ccc2F)cc1. The molecule has 2 aromatic carbocycles. The number of hydrogen-bond acceptors (Lipinski definition) is 3. The van der Waals surface area contributed by atoms with E-state index in [0.29, 0.717) is 5.56 Å². The van der Waals surface area contributed by atoms with Gasteiger partial charge >= 0.3 is 0 Å². The van der Waals surface area contributed by atoms with E-state index >= 15 is 0 Å². The Hall–Kier alpha value is -1.94. The molecule has 4 heteroatoms. The van der Waals surface area contributed by atoms with Gasteiger partial charge in [-0.2, -0.15) is 0 Å². The summed E-state index contributed by atoms with van der Waals surface area (Å²) in [5.74, 6) is 0.856. The van der Waals surface area contributed by atoms with Crippen molar-refractivity contribution in [1.29, 1.82) is 0 Å². The van der Waals surface area contributed by atoms with Crippen LogP contribution in [-0.2, 0) is 0 Å². The molecule has 0 spiro atoms. The van der Waals surface area contributed by atoms with Crippen LogP contribution in [0.5, 0.6) is 0 Å². The second-order valence-electron chi connectivity index (χ2n) is 5.29. The Morgan fingerprint density at radius 3 is 2.50 bits per heavy atom. The van der Waals surface area contributed by atoms with Crippen molar-refractivity contribution in [3.63, 3.8) is 0 Å². The van der Waals surface area contributed by atoms with Gasteiger partial charge in [0, 0.05) is 35.6 Å². The van der Waals surface area contributed by atoms with E-state index in [-0.39, 0.29) is 5.82 Å². The van der Waals surface area contributed by atoms with Gasteiger partial charge < -0.3 is 9.80 Å². The zero-order valence-electron chi connectivity index (χ0n) is 12.8. The zero-order valence-corrected chi connectivity index (χ0v) is 13.6. The molecule has 1 aliphatic rings. The molecule has 0 aliphatic carbocycles. The van der Waals surface area contributed by atoms with E-state index in [0.717, 1.165) is 23.7 Å². The zero-order chi connectivity index (χ0) is 15.5. The molecular weight excluding hydrogens is 295 g/mol. The first-order valence-corrected chi connectivity index (χ1v) is 8.34. The highest BCUT2D eigenvalue weighted by molar-refractivity contribution is 7.99. The summed E-state index contributed by atoms with van der Waals surface area (Å²) in [5, 5.41) is 0. The Balaban J connectivity index is 1.91. The molecule has 1 heterocycles. The van der Waals surface area contributed by atoms with Gasteiger partial charge in [-0.15, -0.1) is 11.8 Å². The maximum atomic E-state index is 14.2. The highest BCUT2D eigenvalue weighted by Crippen LogP contribution is 2.30. The number of hydrogen-bond donors (Lipinski definition) is 0. The summed E-state index contributed by atoms with van der Waals surface area (Å²) in [6.07, 6.45) is 4.03. The Labute approximate surface area is 135 Å². The quantitative estimate of drug-likeness (QED) is 0.750. The lowest BCUT2D eigenvalue weighted by Crippen LogP contribution is -2.21. The van der Waals surface area contributed by atoms with Gasteiger partial charge in [0.1, 0.15) is 5.82 Å². The van der Waals surface area contributed by atoms with Crippen LogP contribution in [0.15, 0.2) is 59.8 Å². The molecule has 0 atom stereocenters. The van der Waals surface area contributed by atoms with Crippen LogP contribution in [-0.4, -0.2) is 24.4 Å². The first kappa shape index (κ1) is 15.0. The molecule has 0 bridgehead atoms. The summed E-state index contributed by atoms with van der Waals surface area (Å²) in [6, 6.07) is 13.4. The Morgan fingerprint density at radius 1 is 1.09 bits per heavy atom. The van der Waals surface area contributed by atoms with Crippen molar-refractivity contribution in [3.8, 4) is 11.1 Å². The maximum absolute atomic E-state index is 14.2. The summed E-state index contributed by atoms with van der Waals surface area (Å²) in [6.45, 7) is 2.92. The highest BCUT2D eigenvalue weighted by atomic mass is 32.2. The van der Waals surface area contributed by atoms with Crippen LogP contribution in [0.25, 0.3) is 11.1 Å². The average Bonchev–Trinajstić information content (AvgIpc) is 2.96. The van der Waals surface area contributed by atoms with Gasteiger partial charge in [0.05, 0.1) is 6.67 Å². The van der Waals surface area contributed by atoms with Gasteiger partial charge in [-0.25, -0.2) is 4.39 Å². The molecule has 0 fully saturated rings. The van der Waals surface area contributed by atoms with Gasteiger partial charge in [-0.3, -0.25) is 0 Å². The number of anilines is 1. The molecule has 3 rings (SSSR count). The van der Waals surface area contributed by atoms with Crippen LogP contribution < -0.4 is 4.90 Å². The summed E-state index contributed by atoms with van der Waals surface area (Å²) >= 11 is 1.79. The Kier molecular flexibility index (Phi) is 4.39. The molecule has 114 valence electrons. The first-order valence-electron chi connectivity index (χ1n) is 7.35. The molecule has 0 saturated carbocycles. The minimum absolute atomic E-state index is 0.184. The smallest absolute Gasteiger partial charge is 0.131 e. The lowest BCUT2D eigenvalue weighted by atomic mass is 10.0. The number of nitrogens with zero attached hydrogens (tertiary/aromatic N) is 2. The van der Waals surface area contributed by atoms with Gasteiger partial charge in [0.25, 0.3) is 0 Å². The summed E-state index contributed by atoms with van der Waals surface area (Å²) < 4.78 is 14.2. The van der Waals surface area contributed by atoms with Crippen LogP contribution in [0.3, 0.4) is 0 Å². The second-order valence-corrected chi connectivity index (χ2v) is 6.63. The minimum Gasteiger partial charge on any atom is -0.361 e. The van der Waals surface area contributed by atoms with Gasteiger partial charge in [0.15, 0.2) is 0 Å². The van der Waals surface area contributed by atoms with E-state index in [1.54, 1.807) is 17.8 Å². The monoisotopic (exact) mass is 314 g/mol. The maximum Gasteiger partial charge on any atom is 0.131 e. The highest BCUT2D eigenvalue weighted by Gasteiger charge is 2.13. The molecule has 2 aromatic rings. The predicted octanol–water partition coefficient (Wildman–Crippen LogP) is 4.79. The summed E-state index contributed by atoms with van der Waals surface area (Å²) in [5.41, 5.74) is 2.56. The fourth-order valence-electron chi connectivity index (χ4n) is 2.51. The Morgan fingerprint density at radius 2 is 1.86 bits per heavy atom. The third-order valence-corrected chi connectivity index (χ3v) is 4.53. The number of thioether (sulfide) groups is 1. The van der Waals surface area contributed by atoms with Crippen LogP contribution in [0.4, 0.5) is 10.1 Å². The normalized spacial score (nSPS) is 14.0. The molecule has 0 aromatic heterocycles. The molecule has 0 saturated heterocycles. The number of halogens is 1. The standard InChI is InChI=1S/C18H19FN2S/c1-3-22-16-7-4-14(5-8-16)17-12-15(6-9-18(17)19)21-11-10-20(2)13-21/h4-12H,3,13H2,1-2H3. The predicted molar refractivity (Wildman–Crippen MR) is 92.5 cm³/mol. The molecule has 0 unspecified atom stereocenters. The van der Waals surface area contributed by atoms with Crippen molar-refractivity contribution < 1.29 is 4.39 Å². The lowest BCUT2D eigenvalue weighted by Gasteiger charge is -2.19. The molecule has 0 radical (unpaired) electrons. The Bertz CT molecular complexity index is 682. The van der Waals surface area contributed by atoms with Crippen LogP contribution in [0.1, 0.15) is 6.92 Å². The third-order valence-electron chi connectivity index (χ3n) is 3.63. The molecule has 2 nitrogen and oxygen atoms in total. The largest absolute Gasteiger partial charge is 0.361 e. The van der Waals surface area contributed by atoms with Crippen LogP contribution in [0, 0.1) is 5.82 Å². The number of rotatable bonds is 4. The van der Waals surface area contributed by atoms with Crippen molar-refractivity contribution in [3.05, 3.63) is 60.7 Å². The van der Waals surface area contributed by atoms with E-state index < -0.39 is 0 Å². The number of benzene rings is 2. The van der Waals surface area contributed by atoms with Crippen molar-refractivity contribution >= 4 is 17.4 Å². The van der Waals surface area contributed by atoms with Crippen molar-refractivity contribution in [2.75, 3.05) is 24.4 Å². The molecule has 22 heavy (non-hydrogen) atoms. The second kappa shape index (κ2) is 6.44. The molecule has 0 N–H and O–H groups in total. The summed E-state index contributed by atoms with van der Waals surface area (Å²) in [4.78, 5) is 5.40. The van der Waals surface area contributed by atoms with E-state index in [1.165, 1.54) is 4.90 Å². The van der Waals surface area contributed by atoms with E-state index in [4.69, 9.17) is 0 Å². The molecule has 1 aliphatic heterocycles. The summed E-state index contributed by atoms with van der Waals surface area (Å²) in [7, 11) is 2.02. The minimum atomic E-state index is -0.184. The third kappa shape index (κ3) is 3.12.